The van der Waals surface area contributed by atoms with Gasteiger partial charge in [0.15, 0.2) is 0 Å². The van der Waals surface area contributed by atoms with E-state index in [-0.39, 0.29) is 6.10 Å². The Morgan fingerprint density at radius 2 is 1.61 bits per heavy atom. The van der Waals surface area contributed by atoms with Crippen LogP contribution in [-0.2, 0) is 0 Å². The fraction of sp³-hybridized carbons (Fsp3) is 1.00. The lowest BCUT2D eigenvalue weighted by Gasteiger charge is -2.43. The molecule has 2 unspecified atom stereocenters. The molecule has 2 nitrogen and oxygen atoms in total. The second kappa shape index (κ2) is 5.13. The fourth-order valence-corrected chi connectivity index (χ4v) is 3.58. The van der Waals surface area contributed by atoms with Crippen molar-refractivity contribution in [3.8, 4) is 0 Å². The van der Waals surface area contributed by atoms with Gasteiger partial charge in [-0.1, -0.05) is 27.7 Å². The monoisotopic (exact) mass is 253 g/mol. The summed E-state index contributed by atoms with van der Waals surface area (Å²) < 4.78 is 0. The smallest absolute Gasteiger partial charge is 0.0581 e. The SMILES string of the molecule is CC1(C)CCN(CC2CC(C)(C)CCC2O)CC1. The molecule has 2 aliphatic rings. The highest BCUT2D eigenvalue weighted by Gasteiger charge is 2.35. The minimum atomic E-state index is -0.0621. The van der Waals surface area contributed by atoms with E-state index in [9.17, 15) is 5.11 Å². The summed E-state index contributed by atoms with van der Waals surface area (Å²) in [5, 5.41) is 10.2. The van der Waals surface area contributed by atoms with Crippen LogP contribution in [0.3, 0.4) is 0 Å². The number of rotatable bonds is 2. The summed E-state index contributed by atoms with van der Waals surface area (Å²) >= 11 is 0. The van der Waals surface area contributed by atoms with Crippen molar-refractivity contribution in [2.24, 2.45) is 16.7 Å². The van der Waals surface area contributed by atoms with Crippen LogP contribution in [-0.4, -0.2) is 35.7 Å². The normalized spacial score (nSPS) is 36.5. The van der Waals surface area contributed by atoms with Gasteiger partial charge in [-0.2, -0.15) is 0 Å². The van der Waals surface area contributed by atoms with E-state index >= 15 is 0 Å². The molecular formula is C16H31NO. The zero-order valence-corrected chi connectivity index (χ0v) is 12.7. The summed E-state index contributed by atoms with van der Waals surface area (Å²) in [5.41, 5.74) is 0.958. The number of nitrogens with zero attached hydrogens (tertiary/aromatic N) is 1. The summed E-state index contributed by atoms with van der Waals surface area (Å²) in [6, 6.07) is 0. The van der Waals surface area contributed by atoms with Crippen LogP contribution in [0.15, 0.2) is 0 Å². The lowest BCUT2D eigenvalue weighted by molar-refractivity contribution is -0.00437. The summed E-state index contributed by atoms with van der Waals surface area (Å²) in [7, 11) is 0. The van der Waals surface area contributed by atoms with Crippen LogP contribution in [0.2, 0.25) is 0 Å². The zero-order chi connectivity index (χ0) is 13.4. The van der Waals surface area contributed by atoms with Gasteiger partial charge in [-0.25, -0.2) is 0 Å². The molecule has 0 radical (unpaired) electrons. The zero-order valence-electron chi connectivity index (χ0n) is 12.7. The lowest BCUT2D eigenvalue weighted by atomic mass is 9.70. The van der Waals surface area contributed by atoms with Crippen LogP contribution >= 0.6 is 0 Å². The van der Waals surface area contributed by atoms with Crippen molar-refractivity contribution in [2.45, 2.75) is 65.9 Å². The van der Waals surface area contributed by atoms with E-state index < -0.39 is 0 Å². The number of aliphatic hydroxyl groups is 1. The van der Waals surface area contributed by atoms with Gasteiger partial charge in [0.2, 0.25) is 0 Å². The van der Waals surface area contributed by atoms with Crippen LogP contribution in [0.4, 0.5) is 0 Å². The van der Waals surface area contributed by atoms with Crippen molar-refractivity contribution in [2.75, 3.05) is 19.6 Å². The minimum absolute atomic E-state index is 0.0621. The van der Waals surface area contributed by atoms with Gasteiger partial charge in [0.25, 0.3) is 0 Å². The molecule has 2 fully saturated rings. The Balaban J connectivity index is 1.85. The van der Waals surface area contributed by atoms with Gasteiger partial charge >= 0.3 is 0 Å². The van der Waals surface area contributed by atoms with Crippen molar-refractivity contribution in [3.63, 3.8) is 0 Å². The van der Waals surface area contributed by atoms with Crippen molar-refractivity contribution >= 4 is 0 Å². The molecule has 1 saturated heterocycles. The third-order valence-electron chi connectivity index (χ3n) is 5.18. The van der Waals surface area contributed by atoms with Gasteiger partial charge in [-0.3, -0.25) is 0 Å². The van der Waals surface area contributed by atoms with Crippen molar-refractivity contribution in [1.82, 2.24) is 4.90 Å². The summed E-state index contributed by atoms with van der Waals surface area (Å²) in [6.07, 6.45) is 5.91. The summed E-state index contributed by atoms with van der Waals surface area (Å²) in [4.78, 5) is 2.58. The minimum Gasteiger partial charge on any atom is -0.393 e. The maximum Gasteiger partial charge on any atom is 0.0581 e. The first kappa shape index (κ1) is 14.3. The molecule has 1 N–H and O–H groups in total. The van der Waals surface area contributed by atoms with E-state index in [2.05, 4.69) is 32.6 Å². The molecule has 1 heterocycles. The third-order valence-corrected chi connectivity index (χ3v) is 5.18. The molecule has 0 spiro atoms. The Morgan fingerprint density at radius 1 is 1.00 bits per heavy atom. The number of piperidine rings is 1. The molecule has 0 bridgehead atoms. The second-order valence-electron chi connectivity index (χ2n) is 8.20. The molecule has 1 aliphatic heterocycles. The highest BCUT2D eigenvalue weighted by molar-refractivity contribution is 4.88. The quantitative estimate of drug-likeness (QED) is 0.816. The van der Waals surface area contributed by atoms with Gasteiger partial charge in [0, 0.05) is 6.54 Å². The fourth-order valence-electron chi connectivity index (χ4n) is 3.58. The van der Waals surface area contributed by atoms with E-state index in [0.29, 0.717) is 16.7 Å². The Morgan fingerprint density at radius 3 is 2.22 bits per heavy atom. The Kier molecular flexibility index (Phi) is 4.08. The average molecular weight is 253 g/mol. The predicted molar refractivity (Wildman–Crippen MR) is 76.6 cm³/mol. The van der Waals surface area contributed by atoms with Crippen molar-refractivity contribution in [1.29, 1.82) is 0 Å². The first-order valence-corrected chi connectivity index (χ1v) is 7.68. The predicted octanol–water partition coefficient (Wildman–Crippen LogP) is 3.30. The Labute approximate surface area is 113 Å². The van der Waals surface area contributed by atoms with Gasteiger partial charge in [-0.05, 0) is 61.9 Å². The Hall–Kier alpha value is -0.0800. The number of likely N-dealkylation sites (tertiary alicyclic amines) is 1. The van der Waals surface area contributed by atoms with Crippen molar-refractivity contribution in [3.05, 3.63) is 0 Å². The average Bonchev–Trinajstić information content (AvgIpc) is 2.26. The maximum absolute atomic E-state index is 10.2. The van der Waals surface area contributed by atoms with Crippen LogP contribution < -0.4 is 0 Å². The van der Waals surface area contributed by atoms with Crippen LogP contribution in [0.5, 0.6) is 0 Å². The molecule has 1 saturated carbocycles. The van der Waals surface area contributed by atoms with E-state index in [4.69, 9.17) is 0 Å². The molecule has 0 aromatic rings. The lowest BCUT2D eigenvalue weighted by Crippen LogP contribution is -2.45. The van der Waals surface area contributed by atoms with Gasteiger partial charge in [0.1, 0.15) is 0 Å². The third kappa shape index (κ3) is 3.71. The first-order valence-electron chi connectivity index (χ1n) is 7.68. The molecule has 2 atom stereocenters. The largest absolute Gasteiger partial charge is 0.393 e. The van der Waals surface area contributed by atoms with E-state index in [1.165, 1.54) is 38.8 Å². The van der Waals surface area contributed by atoms with Crippen LogP contribution in [0.1, 0.15) is 59.8 Å². The molecule has 18 heavy (non-hydrogen) atoms. The number of hydrogen-bond donors (Lipinski definition) is 1. The second-order valence-corrected chi connectivity index (χ2v) is 8.20. The maximum atomic E-state index is 10.2. The Bertz CT molecular complexity index is 275. The highest BCUT2D eigenvalue weighted by Crippen LogP contribution is 2.39. The molecular weight excluding hydrogens is 222 g/mol. The number of aliphatic hydroxyl groups excluding tert-OH is 1. The van der Waals surface area contributed by atoms with Crippen LogP contribution in [0.25, 0.3) is 0 Å². The molecule has 0 aromatic heterocycles. The molecule has 106 valence electrons. The molecule has 0 aromatic carbocycles. The summed E-state index contributed by atoms with van der Waals surface area (Å²) in [6.45, 7) is 13.0. The molecule has 0 amide bonds. The highest BCUT2D eigenvalue weighted by atomic mass is 16.3. The van der Waals surface area contributed by atoms with Gasteiger partial charge in [0.05, 0.1) is 6.10 Å². The van der Waals surface area contributed by atoms with E-state index in [1.807, 2.05) is 0 Å². The van der Waals surface area contributed by atoms with Gasteiger partial charge in [-0.15, -0.1) is 0 Å². The molecule has 2 heteroatoms. The number of hydrogen-bond acceptors (Lipinski definition) is 2. The van der Waals surface area contributed by atoms with E-state index in [0.717, 1.165) is 13.0 Å². The first-order chi connectivity index (χ1) is 8.27. The topological polar surface area (TPSA) is 23.5 Å². The molecule has 2 rings (SSSR count). The van der Waals surface area contributed by atoms with Crippen LogP contribution in [0, 0.1) is 16.7 Å². The summed E-state index contributed by atoms with van der Waals surface area (Å²) in [5.74, 6) is 0.495. The van der Waals surface area contributed by atoms with Crippen molar-refractivity contribution < 1.29 is 5.11 Å². The standard InChI is InChI=1S/C16H31NO/c1-15(2)7-9-17(10-8-15)12-13-11-16(3,4)6-5-14(13)18/h13-14,18H,5-12H2,1-4H3. The van der Waals surface area contributed by atoms with Gasteiger partial charge < -0.3 is 10.0 Å². The van der Waals surface area contributed by atoms with E-state index in [1.54, 1.807) is 0 Å². The molecule has 1 aliphatic carbocycles.